The Morgan fingerprint density at radius 2 is 2.21 bits per heavy atom. The molecule has 5 nitrogen and oxygen atoms in total. The summed E-state index contributed by atoms with van der Waals surface area (Å²) in [6.07, 6.45) is 3.28. The fourth-order valence-electron chi connectivity index (χ4n) is 0.966. The average Bonchev–Trinajstić information content (AvgIpc) is 2.19. The van der Waals surface area contributed by atoms with E-state index in [4.69, 9.17) is 4.74 Å². The average molecular weight is 196 g/mol. The Bertz CT molecular complexity index is 267. The van der Waals surface area contributed by atoms with Crippen LogP contribution in [0.2, 0.25) is 0 Å². The van der Waals surface area contributed by atoms with Crippen molar-refractivity contribution in [3.8, 4) is 5.88 Å². The van der Waals surface area contributed by atoms with Crippen LogP contribution in [0.3, 0.4) is 0 Å². The van der Waals surface area contributed by atoms with E-state index in [1.165, 1.54) is 0 Å². The smallest absolute Gasteiger partial charge is 0.234 e. The topological polar surface area (TPSA) is 59.1 Å². The molecule has 0 aromatic carbocycles. The number of hydrogen-bond donors (Lipinski definition) is 2. The Hall–Kier alpha value is -1.36. The predicted molar refractivity (Wildman–Crippen MR) is 55.6 cm³/mol. The number of nitrogens with one attached hydrogen (secondary N) is 2. The minimum atomic E-state index is 0.557. The third-order valence-corrected chi connectivity index (χ3v) is 1.59. The molecule has 1 aromatic heterocycles. The van der Waals surface area contributed by atoms with Crippen molar-refractivity contribution in [3.63, 3.8) is 0 Å². The van der Waals surface area contributed by atoms with Gasteiger partial charge in [-0.1, -0.05) is 0 Å². The van der Waals surface area contributed by atoms with Gasteiger partial charge in [0.25, 0.3) is 0 Å². The first kappa shape index (κ1) is 10.7. The molecule has 2 N–H and O–H groups in total. The highest BCUT2D eigenvalue weighted by atomic mass is 16.5. The van der Waals surface area contributed by atoms with Gasteiger partial charge in [-0.05, 0) is 14.0 Å². The third kappa shape index (κ3) is 3.57. The Labute approximate surface area is 83.9 Å². The van der Waals surface area contributed by atoms with E-state index in [-0.39, 0.29) is 0 Å². The quantitative estimate of drug-likeness (QED) is 0.649. The first-order valence-electron chi connectivity index (χ1n) is 4.70. The molecule has 0 saturated carbocycles. The highest BCUT2D eigenvalue weighted by Crippen LogP contribution is 2.07. The molecule has 1 aromatic rings. The molecule has 0 fully saturated rings. The van der Waals surface area contributed by atoms with E-state index in [0.717, 1.165) is 18.9 Å². The van der Waals surface area contributed by atoms with Crippen molar-refractivity contribution in [1.29, 1.82) is 0 Å². The lowest BCUT2D eigenvalue weighted by Gasteiger charge is -2.06. The zero-order valence-corrected chi connectivity index (χ0v) is 8.58. The van der Waals surface area contributed by atoms with E-state index in [1.54, 1.807) is 12.4 Å². The van der Waals surface area contributed by atoms with Crippen LogP contribution in [-0.2, 0) is 0 Å². The molecule has 1 rings (SSSR count). The van der Waals surface area contributed by atoms with Crippen LogP contribution in [0.4, 0.5) is 5.82 Å². The van der Waals surface area contributed by atoms with E-state index >= 15 is 0 Å². The van der Waals surface area contributed by atoms with Crippen molar-refractivity contribution in [1.82, 2.24) is 15.3 Å². The maximum Gasteiger partial charge on any atom is 0.234 e. The highest BCUT2D eigenvalue weighted by molar-refractivity contribution is 5.33. The molecule has 0 amide bonds. The number of hydrogen-bond acceptors (Lipinski definition) is 5. The SMILES string of the molecule is CCOc1cncc(NCCNC)n1. The summed E-state index contributed by atoms with van der Waals surface area (Å²) in [6.45, 7) is 4.23. The van der Waals surface area contributed by atoms with Crippen LogP contribution in [0.1, 0.15) is 6.92 Å². The lowest BCUT2D eigenvalue weighted by molar-refractivity contribution is 0.325. The molecule has 78 valence electrons. The van der Waals surface area contributed by atoms with Crippen LogP contribution in [0, 0.1) is 0 Å². The molecule has 0 aliphatic heterocycles. The van der Waals surface area contributed by atoms with Crippen molar-refractivity contribution in [2.24, 2.45) is 0 Å². The van der Waals surface area contributed by atoms with Gasteiger partial charge in [0.05, 0.1) is 19.0 Å². The van der Waals surface area contributed by atoms with E-state index < -0.39 is 0 Å². The van der Waals surface area contributed by atoms with Crippen LogP contribution in [-0.4, -0.2) is 36.7 Å². The van der Waals surface area contributed by atoms with Crippen molar-refractivity contribution in [2.45, 2.75) is 6.92 Å². The first-order chi connectivity index (χ1) is 6.86. The summed E-state index contributed by atoms with van der Waals surface area (Å²) in [5.74, 6) is 1.30. The van der Waals surface area contributed by atoms with Gasteiger partial charge in [-0.3, -0.25) is 4.98 Å². The van der Waals surface area contributed by atoms with Crippen LogP contribution in [0.5, 0.6) is 5.88 Å². The summed E-state index contributed by atoms with van der Waals surface area (Å²) in [5, 5.41) is 6.16. The summed E-state index contributed by atoms with van der Waals surface area (Å²) < 4.78 is 5.22. The van der Waals surface area contributed by atoms with E-state index in [1.807, 2.05) is 14.0 Å². The molecule has 14 heavy (non-hydrogen) atoms. The van der Waals surface area contributed by atoms with Crippen molar-refractivity contribution >= 4 is 5.82 Å². The Morgan fingerprint density at radius 3 is 2.93 bits per heavy atom. The lowest BCUT2D eigenvalue weighted by atomic mass is 10.5. The van der Waals surface area contributed by atoms with Gasteiger partial charge in [0.1, 0.15) is 5.82 Å². The molecule has 0 saturated heterocycles. The fraction of sp³-hybridized carbons (Fsp3) is 0.556. The monoisotopic (exact) mass is 196 g/mol. The number of ether oxygens (including phenoxy) is 1. The van der Waals surface area contributed by atoms with Gasteiger partial charge in [0.2, 0.25) is 5.88 Å². The summed E-state index contributed by atoms with van der Waals surface area (Å²) in [6, 6.07) is 0. The molecule has 0 unspecified atom stereocenters. The number of rotatable bonds is 6. The largest absolute Gasteiger partial charge is 0.477 e. The summed E-state index contributed by atoms with van der Waals surface area (Å²) in [5.41, 5.74) is 0. The Balaban J connectivity index is 2.46. The second-order valence-electron chi connectivity index (χ2n) is 2.71. The van der Waals surface area contributed by atoms with Crippen molar-refractivity contribution in [3.05, 3.63) is 12.4 Å². The van der Waals surface area contributed by atoms with Gasteiger partial charge in [-0.25, -0.2) is 0 Å². The van der Waals surface area contributed by atoms with Crippen LogP contribution < -0.4 is 15.4 Å². The molecule has 5 heteroatoms. The maximum absolute atomic E-state index is 5.22. The lowest BCUT2D eigenvalue weighted by Crippen LogP contribution is -2.18. The number of anilines is 1. The van der Waals surface area contributed by atoms with Gasteiger partial charge in [-0.15, -0.1) is 0 Å². The van der Waals surface area contributed by atoms with Gasteiger partial charge >= 0.3 is 0 Å². The molecule has 0 atom stereocenters. The van der Waals surface area contributed by atoms with Crippen LogP contribution in [0.15, 0.2) is 12.4 Å². The number of likely N-dealkylation sites (N-methyl/N-ethyl adjacent to an activating group) is 1. The molecule has 0 radical (unpaired) electrons. The zero-order chi connectivity index (χ0) is 10.2. The second kappa shape index (κ2) is 6.15. The first-order valence-corrected chi connectivity index (χ1v) is 4.70. The Kier molecular flexibility index (Phi) is 4.71. The fourth-order valence-corrected chi connectivity index (χ4v) is 0.966. The Morgan fingerprint density at radius 1 is 1.36 bits per heavy atom. The number of aromatic nitrogens is 2. The van der Waals surface area contributed by atoms with Gasteiger partial charge in [0, 0.05) is 13.1 Å². The molecule has 0 aliphatic rings. The summed E-state index contributed by atoms with van der Waals surface area (Å²) in [7, 11) is 1.91. The van der Waals surface area contributed by atoms with Crippen molar-refractivity contribution in [2.75, 3.05) is 32.1 Å². The van der Waals surface area contributed by atoms with E-state index in [0.29, 0.717) is 12.5 Å². The minimum absolute atomic E-state index is 0.557. The standard InChI is InChI=1S/C9H16N4O/c1-3-14-9-7-11-6-8(13-9)12-5-4-10-2/h6-7,10H,3-5H2,1-2H3,(H,12,13). The highest BCUT2D eigenvalue weighted by Gasteiger charge is 1.97. The molecular formula is C9H16N4O. The summed E-state index contributed by atoms with van der Waals surface area (Å²) in [4.78, 5) is 8.22. The predicted octanol–water partition coefficient (Wildman–Crippen LogP) is 0.507. The van der Waals surface area contributed by atoms with Crippen LogP contribution in [0.25, 0.3) is 0 Å². The van der Waals surface area contributed by atoms with Crippen LogP contribution >= 0.6 is 0 Å². The maximum atomic E-state index is 5.22. The van der Waals surface area contributed by atoms with Gasteiger partial charge in [0.15, 0.2) is 0 Å². The van der Waals surface area contributed by atoms with Crippen molar-refractivity contribution < 1.29 is 4.74 Å². The molecule has 0 bridgehead atoms. The molecule has 0 spiro atoms. The van der Waals surface area contributed by atoms with Gasteiger partial charge in [-0.2, -0.15) is 4.98 Å². The molecular weight excluding hydrogens is 180 g/mol. The normalized spacial score (nSPS) is 9.86. The second-order valence-corrected chi connectivity index (χ2v) is 2.71. The third-order valence-electron chi connectivity index (χ3n) is 1.59. The van der Waals surface area contributed by atoms with Gasteiger partial charge < -0.3 is 15.4 Å². The summed E-state index contributed by atoms with van der Waals surface area (Å²) >= 11 is 0. The van der Waals surface area contributed by atoms with E-state index in [9.17, 15) is 0 Å². The minimum Gasteiger partial charge on any atom is -0.477 e. The van der Waals surface area contributed by atoms with E-state index in [2.05, 4.69) is 20.6 Å². The zero-order valence-electron chi connectivity index (χ0n) is 8.58. The molecule has 1 heterocycles. The molecule has 0 aliphatic carbocycles. The number of nitrogens with zero attached hydrogens (tertiary/aromatic N) is 2.